The number of thiocarbonyl (C=S) groups is 1. The fourth-order valence-electron chi connectivity index (χ4n) is 1.71. The summed E-state index contributed by atoms with van der Waals surface area (Å²) in [6, 6.07) is 12.4. The number of benzene rings is 2. The van der Waals surface area contributed by atoms with Crippen molar-refractivity contribution in [2.45, 2.75) is 0 Å². The van der Waals surface area contributed by atoms with Crippen LogP contribution in [0.25, 0.3) is 0 Å². The van der Waals surface area contributed by atoms with Gasteiger partial charge in [0, 0.05) is 15.6 Å². The van der Waals surface area contributed by atoms with Crippen molar-refractivity contribution in [3.05, 3.63) is 68.4 Å². The summed E-state index contributed by atoms with van der Waals surface area (Å²) in [6.45, 7) is 0. The number of halogens is 3. The first kappa shape index (κ1) is 16.1. The molecule has 0 aliphatic carbocycles. The molecule has 0 bridgehead atoms. The van der Waals surface area contributed by atoms with E-state index in [1.54, 1.807) is 18.2 Å². The molecule has 21 heavy (non-hydrogen) atoms. The summed E-state index contributed by atoms with van der Waals surface area (Å²) in [6.07, 6.45) is 0. The zero-order chi connectivity index (χ0) is 15.4. The van der Waals surface area contributed by atoms with Crippen LogP contribution in [0.2, 0.25) is 0 Å². The van der Waals surface area contributed by atoms with E-state index in [0.717, 1.165) is 10.0 Å². The molecule has 2 aromatic rings. The SMILES string of the molecule is NC(=S)N/N=C(/c1cccc(Br)c1)c1cccc(Br)c1F. The summed E-state index contributed by atoms with van der Waals surface area (Å²) in [7, 11) is 0. The predicted molar refractivity (Wildman–Crippen MR) is 93.8 cm³/mol. The third kappa shape index (κ3) is 4.09. The molecule has 0 fully saturated rings. The molecule has 7 heteroatoms. The van der Waals surface area contributed by atoms with E-state index in [0.29, 0.717) is 15.7 Å². The average molecular weight is 431 g/mol. The second-order valence-corrected chi connectivity index (χ2v) is 6.26. The van der Waals surface area contributed by atoms with Crippen molar-refractivity contribution >= 4 is 54.9 Å². The van der Waals surface area contributed by atoms with E-state index in [-0.39, 0.29) is 5.11 Å². The highest BCUT2D eigenvalue weighted by molar-refractivity contribution is 9.10. The largest absolute Gasteiger partial charge is 0.375 e. The zero-order valence-corrected chi connectivity index (χ0v) is 14.6. The molecule has 3 N–H and O–H groups in total. The van der Waals surface area contributed by atoms with Gasteiger partial charge in [-0.2, -0.15) is 5.10 Å². The second-order valence-electron chi connectivity index (χ2n) is 4.05. The summed E-state index contributed by atoms with van der Waals surface area (Å²) < 4.78 is 15.6. The molecule has 0 amide bonds. The highest BCUT2D eigenvalue weighted by Gasteiger charge is 2.15. The predicted octanol–water partition coefficient (Wildman–Crippen LogP) is 3.94. The lowest BCUT2D eigenvalue weighted by Gasteiger charge is -2.10. The normalized spacial score (nSPS) is 11.3. The fraction of sp³-hybridized carbons (Fsp3) is 0. The zero-order valence-electron chi connectivity index (χ0n) is 10.6. The molecule has 0 aliphatic rings. The Kier molecular flexibility index (Phi) is 5.44. The molecule has 2 rings (SSSR count). The van der Waals surface area contributed by atoms with Crippen LogP contribution in [0.1, 0.15) is 11.1 Å². The number of nitrogens with zero attached hydrogens (tertiary/aromatic N) is 1. The maximum Gasteiger partial charge on any atom is 0.184 e. The molecule has 0 atom stereocenters. The van der Waals surface area contributed by atoms with E-state index < -0.39 is 5.82 Å². The molecule has 0 radical (unpaired) electrons. The molecule has 0 saturated carbocycles. The standard InChI is InChI=1S/C14H10Br2FN3S/c15-9-4-1-3-8(7-9)13(19-20-14(18)21)10-5-2-6-11(16)12(10)17/h1-7H,(H3,18,20,21)/b19-13-. The van der Waals surface area contributed by atoms with Crippen LogP contribution in [0.15, 0.2) is 56.5 Å². The third-order valence-corrected chi connectivity index (χ3v) is 3.78. The lowest BCUT2D eigenvalue weighted by molar-refractivity contribution is 0.618. The van der Waals surface area contributed by atoms with Crippen molar-refractivity contribution in [2.75, 3.05) is 0 Å². The van der Waals surface area contributed by atoms with E-state index >= 15 is 0 Å². The Hall–Kier alpha value is -1.31. The Morgan fingerprint density at radius 2 is 1.90 bits per heavy atom. The molecule has 2 aromatic carbocycles. The van der Waals surface area contributed by atoms with E-state index in [4.69, 9.17) is 18.0 Å². The van der Waals surface area contributed by atoms with Crippen LogP contribution in [0.4, 0.5) is 4.39 Å². The number of nitrogens with one attached hydrogen (secondary N) is 1. The lowest BCUT2D eigenvalue weighted by Crippen LogP contribution is -2.26. The minimum absolute atomic E-state index is 0.0119. The molecule has 0 unspecified atom stereocenters. The molecule has 0 aromatic heterocycles. The number of rotatable bonds is 3. The van der Waals surface area contributed by atoms with Crippen molar-refractivity contribution in [3.8, 4) is 0 Å². The van der Waals surface area contributed by atoms with E-state index in [1.165, 1.54) is 0 Å². The summed E-state index contributed by atoms with van der Waals surface area (Å²) >= 11 is 11.3. The minimum atomic E-state index is -0.402. The van der Waals surface area contributed by atoms with Crippen molar-refractivity contribution < 1.29 is 4.39 Å². The quantitative estimate of drug-likeness (QED) is 0.440. The third-order valence-electron chi connectivity index (χ3n) is 2.58. The van der Waals surface area contributed by atoms with Crippen molar-refractivity contribution in [3.63, 3.8) is 0 Å². The van der Waals surface area contributed by atoms with Crippen LogP contribution in [0, 0.1) is 5.82 Å². The first-order valence-electron chi connectivity index (χ1n) is 5.82. The molecule has 0 heterocycles. The van der Waals surface area contributed by atoms with Crippen LogP contribution < -0.4 is 11.2 Å². The van der Waals surface area contributed by atoms with Crippen molar-refractivity contribution in [2.24, 2.45) is 10.8 Å². The number of nitrogens with two attached hydrogens (primary N) is 1. The van der Waals surface area contributed by atoms with Gasteiger partial charge in [-0.15, -0.1) is 0 Å². The smallest absolute Gasteiger partial charge is 0.184 e. The summed E-state index contributed by atoms with van der Waals surface area (Å²) in [5.41, 5.74) is 9.38. The topological polar surface area (TPSA) is 50.4 Å². The molecular weight excluding hydrogens is 421 g/mol. The lowest BCUT2D eigenvalue weighted by atomic mass is 10.0. The number of hydrazone groups is 1. The van der Waals surface area contributed by atoms with Gasteiger partial charge in [0.15, 0.2) is 5.11 Å². The highest BCUT2D eigenvalue weighted by Crippen LogP contribution is 2.23. The van der Waals surface area contributed by atoms with Crippen LogP contribution in [0.3, 0.4) is 0 Å². The van der Waals surface area contributed by atoms with Gasteiger partial charge in [-0.1, -0.05) is 34.1 Å². The number of hydrogen-bond acceptors (Lipinski definition) is 2. The van der Waals surface area contributed by atoms with Gasteiger partial charge in [-0.25, -0.2) is 4.39 Å². The van der Waals surface area contributed by atoms with Gasteiger partial charge in [-0.3, -0.25) is 5.43 Å². The fourth-order valence-corrected chi connectivity index (χ4v) is 2.52. The molecule has 0 saturated heterocycles. The number of hydrogen-bond donors (Lipinski definition) is 2. The highest BCUT2D eigenvalue weighted by atomic mass is 79.9. The van der Waals surface area contributed by atoms with E-state index in [2.05, 4.69) is 42.4 Å². The van der Waals surface area contributed by atoms with Crippen LogP contribution in [0.5, 0.6) is 0 Å². The molecular formula is C14H10Br2FN3S. The Balaban J connectivity index is 2.59. The van der Waals surface area contributed by atoms with Crippen molar-refractivity contribution in [1.82, 2.24) is 5.43 Å². The molecule has 0 aliphatic heterocycles. The molecule has 0 spiro atoms. The van der Waals surface area contributed by atoms with Gasteiger partial charge in [0.1, 0.15) is 11.5 Å². The first-order chi connectivity index (χ1) is 9.99. The molecule has 108 valence electrons. The Morgan fingerprint density at radius 3 is 2.57 bits per heavy atom. The summed E-state index contributed by atoms with van der Waals surface area (Å²) in [5.74, 6) is -0.402. The van der Waals surface area contributed by atoms with Gasteiger partial charge in [0.25, 0.3) is 0 Å². The minimum Gasteiger partial charge on any atom is -0.375 e. The monoisotopic (exact) mass is 429 g/mol. The van der Waals surface area contributed by atoms with Crippen LogP contribution in [-0.4, -0.2) is 10.8 Å². The Morgan fingerprint density at radius 1 is 1.19 bits per heavy atom. The van der Waals surface area contributed by atoms with Crippen molar-refractivity contribution in [1.29, 1.82) is 0 Å². The molecule has 3 nitrogen and oxygen atoms in total. The van der Waals surface area contributed by atoms with Gasteiger partial charge in [-0.05, 0) is 52.4 Å². The van der Waals surface area contributed by atoms with Crippen LogP contribution in [-0.2, 0) is 0 Å². The van der Waals surface area contributed by atoms with E-state index in [1.807, 2.05) is 24.3 Å². The van der Waals surface area contributed by atoms with Gasteiger partial charge in [0.2, 0.25) is 0 Å². The maximum absolute atomic E-state index is 14.3. The second kappa shape index (κ2) is 7.11. The van der Waals surface area contributed by atoms with Crippen LogP contribution >= 0.6 is 44.1 Å². The first-order valence-corrected chi connectivity index (χ1v) is 7.82. The maximum atomic E-state index is 14.3. The van der Waals surface area contributed by atoms with Gasteiger partial charge >= 0.3 is 0 Å². The van der Waals surface area contributed by atoms with E-state index in [9.17, 15) is 4.39 Å². The van der Waals surface area contributed by atoms with Gasteiger partial charge < -0.3 is 5.73 Å². The average Bonchev–Trinajstić information content (AvgIpc) is 2.43. The summed E-state index contributed by atoms with van der Waals surface area (Å²) in [4.78, 5) is 0. The summed E-state index contributed by atoms with van der Waals surface area (Å²) in [5, 5.41) is 4.14. The Bertz CT molecular complexity index is 719. The van der Waals surface area contributed by atoms with Gasteiger partial charge in [0.05, 0.1) is 4.47 Å². The Labute approximate surface area is 143 Å².